The van der Waals surface area contributed by atoms with Crippen molar-refractivity contribution in [2.45, 2.75) is 26.6 Å². The van der Waals surface area contributed by atoms with Crippen molar-refractivity contribution in [2.24, 2.45) is 0 Å². The van der Waals surface area contributed by atoms with E-state index in [2.05, 4.69) is 0 Å². The van der Waals surface area contributed by atoms with E-state index in [-0.39, 0.29) is 17.2 Å². The molecule has 0 amide bonds. The molecule has 0 aliphatic rings. The maximum Gasteiger partial charge on any atom is 0.342 e. The number of nitrogen functional groups attached to an aromatic ring is 1. The Hall–Kier alpha value is -3.33. The lowest BCUT2D eigenvalue weighted by Gasteiger charge is -2.16. The summed E-state index contributed by atoms with van der Waals surface area (Å²) in [7, 11) is 0. The molecule has 1 aromatic heterocycles. The molecule has 0 spiro atoms. The number of carboxylic acid groups (broad SMARTS) is 2. The second-order valence-electron chi connectivity index (χ2n) is 5.75. The Balaban J connectivity index is 2.84. The maximum atomic E-state index is 12.0. The van der Waals surface area contributed by atoms with Crippen LogP contribution in [-0.2, 0) is 6.61 Å². The Morgan fingerprint density at radius 2 is 1.81 bits per heavy atom. The Bertz CT molecular complexity index is 931. The number of anilines is 1. The summed E-state index contributed by atoms with van der Waals surface area (Å²) in [6.07, 6.45) is -0.175. The van der Waals surface area contributed by atoms with Crippen LogP contribution in [0.2, 0.25) is 0 Å². The quantitative estimate of drug-likeness (QED) is 0.513. The zero-order valence-corrected chi connectivity index (χ0v) is 14.1. The van der Waals surface area contributed by atoms with Crippen LogP contribution in [0.25, 0.3) is 11.1 Å². The molecule has 1 heterocycles. The van der Waals surface area contributed by atoms with Crippen molar-refractivity contribution in [2.75, 3.05) is 5.73 Å². The van der Waals surface area contributed by atoms with Crippen molar-refractivity contribution in [3.05, 3.63) is 45.2 Å². The van der Waals surface area contributed by atoms with Crippen LogP contribution < -0.4 is 16.0 Å². The average molecular weight is 362 g/mol. The zero-order chi connectivity index (χ0) is 19.6. The number of aromatic amines is 1. The molecular formula is C17H18N2O7. The smallest absolute Gasteiger partial charge is 0.342 e. The fourth-order valence-electron chi connectivity index (χ4n) is 2.56. The highest BCUT2D eigenvalue weighted by atomic mass is 16.5. The molecule has 1 aromatic carbocycles. The van der Waals surface area contributed by atoms with E-state index in [0.29, 0.717) is 11.3 Å². The molecule has 9 heteroatoms. The fraction of sp³-hybridized carbons (Fsp3) is 0.235. The van der Waals surface area contributed by atoms with Crippen molar-refractivity contribution >= 4 is 17.8 Å². The minimum Gasteiger partial charge on any atom is -0.491 e. The van der Waals surface area contributed by atoms with Gasteiger partial charge in [-0.15, -0.1) is 0 Å². The first-order valence-corrected chi connectivity index (χ1v) is 7.60. The molecule has 0 fully saturated rings. The van der Waals surface area contributed by atoms with E-state index in [4.69, 9.17) is 10.5 Å². The number of ether oxygens (including phenoxy) is 1. The predicted molar refractivity (Wildman–Crippen MR) is 92.5 cm³/mol. The van der Waals surface area contributed by atoms with Gasteiger partial charge in [0, 0.05) is 11.1 Å². The molecule has 6 N–H and O–H groups in total. The third-order valence-electron chi connectivity index (χ3n) is 3.55. The molecule has 0 aliphatic heterocycles. The first-order valence-electron chi connectivity index (χ1n) is 7.60. The summed E-state index contributed by atoms with van der Waals surface area (Å²) in [6.45, 7) is 3.15. The third kappa shape index (κ3) is 3.52. The Labute approximate surface area is 147 Å². The van der Waals surface area contributed by atoms with Crippen LogP contribution >= 0.6 is 0 Å². The summed E-state index contributed by atoms with van der Waals surface area (Å²) < 4.78 is 5.54. The summed E-state index contributed by atoms with van der Waals surface area (Å²) in [4.78, 5) is 37.2. The molecule has 0 aliphatic carbocycles. The number of rotatable bonds is 6. The molecule has 2 rings (SSSR count). The van der Waals surface area contributed by atoms with Gasteiger partial charge in [0.05, 0.1) is 12.7 Å². The van der Waals surface area contributed by atoms with Crippen molar-refractivity contribution in [1.82, 2.24) is 4.98 Å². The number of hydrogen-bond acceptors (Lipinski definition) is 6. The predicted octanol–water partition coefficient (Wildman–Crippen LogP) is 1.30. The number of aromatic nitrogens is 1. The standard InChI is InChI=1S/C17H18N2O7/c1-7(2)26-10-4-3-8(5-9(10)6-20)11-12(16(22)23)14(18)19-15(21)13(11)17(24)25/h3-5,7,20H,6H2,1-2H3,(H,22,23)(H,24,25)(H3,18,19,21). The van der Waals surface area contributed by atoms with Gasteiger partial charge in [0.2, 0.25) is 0 Å². The van der Waals surface area contributed by atoms with E-state index in [9.17, 15) is 29.7 Å². The van der Waals surface area contributed by atoms with Gasteiger partial charge < -0.3 is 30.8 Å². The van der Waals surface area contributed by atoms with Crippen LogP contribution in [0, 0.1) is 0 Å². The topological polar surface area (TPSA) is 163 Å². The monoisotopic (exact) mass is 362 g/mol. The molecule has 0 atom stereocenters. The zero-order valence-electron chi connectivity index (χ0n) is 14.1. The van der Waals surface area contributed by atoms with E-state index in [0.717, 1.165) is 0 Å². The Morgan fingerprint density at radius 1 is 1.19 bits per heavy atom. The highest BCUT2D eigenvalue weighted by Gasteiger charge is 2.27. The van der Waals surface area contributed by atoms with Crippen molar-refractivity contribution in [3.63, 3.8) is 0 Å². The largest absolute Gasteiger partial charge is 0.491 e. The number of carbonyl (C=O) groups is 2. The van der Waals surface area contributed by atoms with Gasteiger partial charge in [0.1, 0.15) is 22.7 Å². The summed E-state index contributed by atoms with van der Waals surface area (Å²) in [6, 6.07) is 4.24. The number of hydrogen-bond donors (Lipinski definition) is 5. The first kappa shape index (κ1) is 19.0. The molecule has 0 saturated carbocycles. The van der Waals surface area contributed by atoms with Gasteiger partial charge in [0.25, 0.3) is 5.56 Å². The number of H-pyrrole nitrogens is 1. The van der Waals surface area contributed by atoms with E-state index in [1.807, 2.05) is 4.98 Å². The van der Waals surface area contributed by atoms with Crippen molar-refractivity contribution < 1.29 is 29.6 Å². The summed E-state index contributed by atoms with van der Waals surface area (Å²) in [5, 5.41) is 28.4. The number of aliphatic hydroxyl groups excluding tert-OH is 1. The van der Waals surface area contributed by atoms with Crippen LogP contribution in [0.3, 0.4) is 0 Å². The lowest BCUT2D eigenvalue weighted by Crippen LogP contribution is -2.24. The number of benzene rings is 1. The van der Waals surface area contributed by atoms with Crippen molar-refractivity contribution in [3.8, 4) is 16.9 Å². The SMILES string of the molecule is CC(C)Oc1ccc(-c2c(C(=O)O)c(N)[nH]c(=O)c2C(=O)O)cc1CO. The molecular weight excluding hydrogens is 344 g/mol. The van der Waals surface area contributed by atoms with Crippen LogP contribution in [-0.4, -0.2) is 38.3 Å². The van der Waals surface area contributed by atoms with Gasteiger partial charge in [-0.05, 0) is 31.5 Å². The minimum absolute atomic E-state index is 0.109. The highest BCUT2D eigenvalue weighted by Crippen LogP contribution is 2.33. The average Bonchev–Trinajstić information content (AvgIpc) is 2.53. The molecule has 0 bridgehead atoms. The van der Waals surface area contributed by atoms with E-state index >= 15 is 0 Å². The van der Waals surface area contributed by atoms with Crippen LogP contribution in [0.15, 0.2) is 23.0 Å². The molecule has 138 valence electrons. The molecule has 0 unspecified atom stereocenters. The minimum atomic E-state index is -1.60. The Kier molecular flexibility index (Phi) is 5.32. The van der Waals surface area contributed by atoms with Gasteiger partial charge in [0.15, 0.2) is 0 Å². The third-order valence-corrected chi connectivity index (χ3v) is 3.55. The van der Waals surface area contributed by atoms with Gasteiger partial charge in [-0.2, -0.15) is 0 Å². The number of aliphatic hydroxyl groups is 1. The lowest BCUT2D eigenvalue weighted by atomic mass is 9.94. The summed E-state index contributed by atoms with van der Waals surface area (Å²) in [5.74, 6) is -3.20. The second-order valence-corrected chi connectivity index (χ2v) is 5.75. The molecule has 0 radical (unpaired) electrons. The van der Waals surface area contributed by atoms with Gasteiger partial charge in [-0.1, -0.05) is 6.07 Å². The Morgan fingerprint density at radius 3 is 2.31 bits per heavy atom. The molecule has 2 aromatic rings. The van der Waals surface area contributed by atoms with E-state index in [1.54, 1.807) is 13.8 Å². The number of pyridine rings is 1. The number of carboxylic acids is 2. The van der Waals surface area contributed by atoms with Crippen LogP contribution in [0.5, 0.6) is 5.75 Å². The van der Waals surface area contributed by atoms with Gasteiger partial charge >= 0.3 is 11.9 Å². The summed E-state index contributed by atoms with van der Waals surface area (Å²) >= 11 is 0. The molecule has 0 saturated heterocycles. The lowest BCUT2D eigenvalue weighted by molar-refractivity contribution is 0.0695. The maximum absolute atomic E-state index is 12.0. The number of nitrogens with one attached hydrogen (secondary N) is 1. The highest BCUT2D eigenvalue weighted by molar-refractivity contribution is 6.07. The summed E-state index contributed by atoms with van der Waals surface area (Å²) in [5.41, 5.74) is 3.36. The van der Waals surface area contributed by atoms with Crippen LogP contribution in [0.4, 0.5) is 5.82 Å². The van der Waals surface area contributed by atoms with Gasteiger partial charge in [-0.25, -0.2) is 9.59 Å². The van der Waals surface area contributed by atoms with E-state index in [1.165, 1.54) is 18.2 Å². The number of aromatic carboxylic acids is 2. The van der Waals surface area contributed by atoms with Gasteiger partial charge in [-0.3, -0.25) is 4.79 Å². The normalized spacial score (nSPS) is 10.8. The number of nitrogens with two attached hydrogens (primary N) is 1. The first-order chi connectivity index (χ1) is 12.2. The van der Waals surface area contributed by atoms with E-state index < -0.39 is 41.0 Å². The molecule has 9 nitrogen and oxygen atoms in total. The second kappa shape index (κ2) is 7.28. The molecule has 26 heavy (non-hydrogen) atoms. The fourth-order valence-corrected chi connectivity index (χ4v) is 2.56. The van der Waals surface area contributed by atoms with Crippen LogP contribution in [0.1, 0.15) is 40.1 Å². The van der Waals surface area contributed by atoms with Crippen molar-refractivity contribution in [1.29, 1.82) is 0 Å².